The Morgan fingerprint density at radius 3 is 2.72 bits per heavy atom. The zero-order chi connectivity index (χ0) is 13.0. The summed E-state index contributed by atoms with van der Waals surface area (Å²) in [6.45, 7) is 0. The van der Waals surface area contributed by atoms with Gasteiger partial charge in [0.25, 0.3) is 0 Å². The molecule has 98 valence electrons. The standard InChI is InChI=1S/C12H15BrN2O3/c13-8-5-11(7-14-6-8)18-10-3-1-9(2-4-10)15-12(16)17/h5-7,9-10,15H,1-4H2,(H,16,17)/t9-,10-. The summed E-state index contributed by atoms with van der Waals surface area (Å²) in [5.74, 6) is 0.749. The van der Waals surface area contributed by atoms with Crippen LogP contribution in [-0.2, 0) is 0 Å². The minimum atomic E-state index is -0.949. The molecule has 1 aromatic heterocycles. The van der Waals surface area contributed by atoms with Gasteiger partial charge in [0.2, 0.25) is 0 Å². The quantitative estimate of drug-likeness (QED) is 0.900. The highest BCUT2D eigenvalue weighted by Crippen LogP contribution is 2.24. The van der Waals surface area contributed by atoms with Gasteiger partial charge in [-0.15, -0.1) is 0 Å². The number of ether oxygens (including phenoxy) is 1. The first-order chi connectivity index (χ1) is 8.63. The molecule has 1 fully saturated rings. The molecule has 1 saturated carbocycles. The molecule has 0 spiro atoms. The van der Waals surface area contributed by atoms with Crippen LogP contribution in [0.1, 0.15) is 25.7 Å². The van der Waals surface area contributed by atoms with Crippen molar-refractivity contribution in [1.29, 1.82) is 0 Å². The molecule has 1 aliphatic carbocycles. The third-order valence-electron chi connectivity index (χ3n) is 2.98. The molecule has 18 heavy (non-hydrogen) atoms. The van der Waals surface area contributed by atoms with Crippen LogP contribution in [0.5, 0.6) is 5.75 Å². The summed E-state index contributed by atoms with van der Waals surface area (Å²) in [6, 6.07) is 1.94. The fourth-order valence-corrected chi connectivity index (χ4v) is 2.49. The number of aromatic nitrogens is 1. The molecule has 1 heterocycles. The maximum Gasteiger partial charge on any atom is 0.404 e. The molecule has 5 nitrogen and oxygen atoms in total. The van der Waals surface area contributed by atoms with E-state index in [0.29, 0.717) is 0 Å². The number of carboxylic acid groups (broad SMARTS) is 1. The van der Waals surface area contributed by atoms with Crippen LogP contribution in [0.3, 0.4) is 0 Å². The molecule has 1 aliphatic rings. The number of nitrogens with one attached hydrogen (secondary N) is 1. The third-order valence-corrected chi connectivity index (χ3v) is 3.42. The van der Waals surface area contributed by atoms with Crippen molar-refractivity contribution < 1.29 is 14.6 Å². The van der Waals surface area contributed by atoms with Crippen LogP contribution in [0.2, 0.25) is 0 Å². The summed E-state index contributed by atoms with van der Waals surface area (Å²) in [4.78, 5) is 14.6. The van der Waals surface area contributed by atoms with E-state index in [2.05, 4.69) is 26.2 Å². The van der Waals surface area contributed by atoms with Gasteiger partial charge in [0.1, 0.15) is 5.75 Å². The van der Waals surface area contributed by atoms with Crippen LogP contribution >= 0.6 is 15.9 Å². The maximum atomic E-state index is 10.5. The Labute approximate surface area is 114 Å². The lowest BCUT2D eigenvalue weighted by Crippen LogP contribution is -2.38. The number of hydrogen-bond donors (Lipinski definition) is 2. The lowest BCUT2D eigenvalue weighted by Gasteiger charge is -2.28. The average Bonchev–Trinajstić information content (AvgIpc) is 2.31. The van der Waals surface area contributed by atoms with Crippen molar-refractivity contribution >= 4 is 22.0 Å². The molecular formula is C12H15BrN2O3. The first-order valence-electron chi connectivity index (χ1n) is 5.90. The summed E-state index contributed by atoms with van der Waals surface area (Å²) in [7, 11) is 0. The Kier molecular flexibility index (Phi) is 4.41. The van der Waals surface area contributed by atoms with Gasteiger partial charge in [-0.3, -0.25) is 4.98 Å². The molecule has 0 bridgehead atoms. The van der Waals surface area contributed by atoms with E-state index in [9.17, 15) is 4.79 Å². The van der Waals surface area contributed by atoms with E-state index < -0.39 is 6.09 Å². The Balaban J connectivity index is 1.81. The van der Waals surface area contributed by atoms with Crippen molar-refractivity contribution in [2.45, 2.75) is 37.8 Å². The van der Waals surface area contributed by atoms with E-state index in [1.807, 2.05) is 6.07 Å². The Morgan fingerprint density at radius 2 is 2.11 bits per heavy atom. The minimum Gasteiger partial charge on any atom is -0.489 e. The lowest BCUT2D eigenvalue weighted by molar-refractivity contribution is 0.134. The highest BCUT2D eigenvalue weighted by Gasteiger charge is 2.23. The first-order valence-corrected chi connectivity index (χ1v) is 6.69. The van der Waals surface area contributed by atoms with Gasteiger partial charge >= 0.3 is 6.09 Å². The van der Waals surface area contributed by atoms with Gasteiger partial charge in [0.05, 0.1) is 12.3 Å². The highest BCUT2D eigenvalue weighted by molar-refractivity contribution is 9.10. The van der Waals surface area contributed by atoms with Crippen LogP contribution in [0, 0.1) is 0 Å². The monoisotopic (exact) mass is 314 g/mol. The second-order valence-electron chi connectivity index (χ2n) is 4.38. The van der Waals surface area contributed by atoms with E-state index in [1.54, 1.807) is 12.4 Å². The number of amides is 1. The van der Waals surface area contributed by atoms with Gasteiger partial charge in [0.15, 0.2) is 0 Å². The molecule has 1 aromatic rings. The molecule has 6 heteroatoms. The molecule has 2 N–H and O–H groups in total. The largest absolute Gasteiger partial charge is 0.489 e. The van der Waals surface area contributed by atoms with Crippen LogP contribution in [0.15, 0.2) is 22.9 Å². The van der Waals surface area contributed by atoms with Crippen LogP contribution in [0.4, 0.5) is 4.79 Å². The Hall–Kier alpha value is -1.30. The molecule has 0 unspecified atom stereocenters. The minimum absolute atomic E-state index is 0.0583. The summed E-state index contributed by atoms with van der Waals surface area (Å²) in [6.07, 6.45) is 5.95. The van der Waals surface area contributed by atoms with Crippen LogP contribution in [-0.4, -0.2) is 28.3 Å². The lowest BCUT2D eigenvalue weighted by atomic mass is 9.93. The van der Waals surface area contributed by atoms with E-state index in [-0.39, 0.29) is 12.1 Å². The summed E-state index contributed by atoms with van der Waals surface area (Å²) in [5, 5.41) is 11.2. The van der Waals surface area contributed by atoms with Crippen LogP contribution < -0.4 is 10.1 Å². The van der Waals surface area contributed by atoms with Gasteiger partial charge in [-0.05, 0) is 47.7 Å². The van der Waals surface area contributed by atoms with Crippen molar-refractivity contribution in [2.24, 2.45) is 0 Å². The first kappa shape index (κ1) is 13.1. The molecule has 0 saturated heterocycles. The smallest absolute Gasteiger partial charge is 0.404 e. The second-order valence-corrected chi connectivity index (χ2v) is 5.30. The summed E-state index contributed by atoms with van der Waals surface area (Å²) >= 11 is 3.35. The molecule has 2 rings (SSSR count). The molecule has 0 aliphatic heterocycles. The van der Waals surface area contributed by atoms with Crippen LogP contribution in [0.25, 0.3) is 0 Å². The van der Waals surface area contributed by atoms with E-state index in [1.165, 1.54) is 0 Å². The molecular weight excluding hydrogens is 300 g/mol. The fraction of sp³-hybridized carbons (Fsp3) is 0.500. The number of hydrogen-bond acceptors (Lipinski definition) is 3. The maximum absolute atomic E-state index is 10.5. The zero-order valence-corrected chi connectivity index (χ0v) is 11.4. The van der Waals surface area contributed by atoms with Crippen molar-refractivity contribution in [3.05, 3.63) is 22.9 Å². The van der Waals surface area contributed by atoms with Gasteiger partial charge in [0, 0.05) is 16.7 Å². The number of nitrogens with zero attached hydrogens (tertiary/aromatic N) is 1. The number of halogens is 1. The van der Waals surface area contributed by atoms with Gasteiger partial charge in [-0.1, -0.05) is 0 Å². The van der Waals surface area contributed by atoms with E-state index >= 15 is 0 Å². The number of carbonyl (C=O) groups is 1. The fourth-order valence-electron chi connectivity index (χ4n) is 2.15. The van der Waals surface area contributed by atoms with Gasteiger partial charge < -0.3 is 15.2 Å². The number of rotatable bonds is 3. The Morgan fingerprint density at radius 1 is 1.39 bits per heavy atom. The number of pyridine rings is 1. The zero-order valence-electron chi connectivity index (χ0n) is 9.80. The molecule has 0 atom stereocenters. The van der Waals surface area contributed by atoms with Crippen molar-refractivity contribution in [2.75, 3.05) is 0 Å². The topological polar surface area (TPSA) is 71.5 Å². The second kappa shape index (κ2) is 6.04. The Bertz CT molecular complexity index is 420. The van der Waals surface area contributed by atoms with Gasteiger partial charge in [-0.25, -0.2) is 4.79 Å². The molecule has 1 amide bonds. The molecule has 0 aromatic carbocycles. The van der Waals surface area contributed by atoms with Crippen molar-refractivity contribution in [3.8, 4) is 5.75 Å². The predicted octanol–water partition coefficient (Wildman–Crippen LogP) is 2.80. The normalized spacial score (nSPS) is 23.4. The predicted molar refractivity (Wildman–Crippen MR) is 69.8 cm³/mol. The van der Waals surface area contributed by atoms with E-state index in [0.717, 1.165) is 35.9 Å². The third kappa shape index (κ3) is 3.87. The van der Waals surface area contributed by atoms with E-state index in [4.69, 9.17) is 9.84 Å². The highest BCUT2D eigenvalue weighted by atomic mass is 79.9. The SMILES string of the molecule is O=C(O)N[C@H]1CC[C@H](Oc2cncc(Br)c2)CC1. The summed E-state index contributed by atoms with van der Waals surface area (Å²) in [5.41, 5.74) is 0. The molecule has 0 radical (unpaired) electrons. The van der Waals surface area contributed by atoms with Crippen molar-refractivity contribution in [1.82, 2.24) is 10.3 Å². The average molecular weight is 315 g/mol. The van der Waals surface area contributed by atoms with Crippen molar-refractivity contribution in [3.63, 3.8) is 0 Å². The summed E-state index contributed by atoms with van der Waals surface area (Å²) < 4.78 is 6.71. The van der Waals surface area contributed by atoms with Gasteiger partial charge in [-0.2, -0.15) is 0 Å².